The highest BCUT2D eigenvalue weighted by Crippen LogP contribution is 2.25. The van der Waals surface area contributed by atoms with Crippen molar-refractivity contribution in [1.29, 1.82) is 0 Å². The number of ether oxygens (including phenoxy) is 1. The van der Waals surface area contributed by atoms with Gasteiger partial charge in [-0.15, -0.1) is 0 Å². The van der Waals surface area contributed by atoms with E-state index in [1.54, 1.807) is 7.11 Å². The van der Waals surface area contributed by atoms with Crippen molar-refractivity contribution in [3.05, 3.63) is 29.8 Å². The monoisotopic (exact) mass is 344 g/mol. The van der Waals surface area contributed by atoms with Crippen molar-refractivity contribution >= 4 is 10.0 Å². The molecule has 1 aliphatic rings. The van der Waals surface area contributed by atoms with Crippen LogP contribution in [0.4, 0.5) is 4.39 Å². The Morgan fingerprint density at radius 2 is 1.96 bits per heavy atom. The summed E-state index contributed by atoms with van der Waals surface area (Å²) in [5.74, 6) is 0.719. The van der Waals surface area contributed by atoms with Gasteiger partial charge in [0.15, 0.2) is 0 Å². The average Bonchev–Trinajstić information content (AvgIpc) is 2.59. The lowest BCUT2D eigenvalue weighted by atomic mass is 10.1. The van der Waals surface area contributed by atoms with Gasteiger partial charge in [-0.05, 0) is 31.0 Å². The Bertz CT molecular complexity index is 601. The van der Waals surface area contributed by atoms with Gasteiger partial charge in [0, 0.05) is 32.2 Å². The maximum Gasteiger partial charge on any atom is 0.214 e. The van der Waals surface area contributed by atoms with Crippen LogP contribution in [0.25, 0.3) is 0 Å². The number of methoxy groups -OCH3 is 1. The minimum atomic E-state index is -3.32. The van der Waals surface area contributed by atoms with Gasteiger partial charge in [0.05, 0.1) is 19.5 Å². The van der Waals surface area contributed by atoms with E-state index in [2.05, 4.69) is 17.9 Å². The molecule has 1 fully saturated rings. The second kappa shape index (κ2) is 8.08. The molecule has 1 aromatic rings. The van der Waals surface area contributed by atoms with E-state index in [0.717, 1.165) is 11.3 Å². The number of nitrogens with zero attached hydrogens (tertiary/aromatic N) is 2. The molecule has 1 aromatic carbocycles. The summed E-state index contributed by atoms with van der Waals surface area (Å²) in [6, 6.07) is 8.13. The van der Waals surface area contributed by atoms with Gasteiger partial charge in [-0.3, -0.25) is 9.29 Å². The summed E-state index contributed by atoms with van der Waals surface area (Å²) in [5.41, 5.74) is 1.15. The van der Waals surface area contributed by atoms with Gasteiger partial charge >= 0.3 is 0 Å². The highest BCUT2D eigenvalue weighted by molar-refractivity contribution is 7.89. The Labute approximate surface area is 138 Å². The van der Waals surface area contributed by atoms with Crippen molar-refractivity contribution in [3.63, 3.8) is 0 Å². The van der Waals surface area contributed by atoms with E-state index < -0.39 is 16.7 Å². The third-order valence-corrected chi connectivity index (χ3v) is 6.28. The van der Waals surface area contributed by atoms with Crippen LogP contribution in [0.2, 0.25) is 0 Å². The van der Waals surface area contributed by atoms with Gasteiger partial charge in [-0.2, -0.15) is 4.31 Å². The Morgan fingerprint density at radius 1 is 1.26 bits per heavy atom. The fourth-order valence-electron chi connectivity index (χ4n) is 2.85. The van der Waals surface area contributed by atoms with E-state index >= 15 is 0 Å². The van der Waals surface area contributed by atoms with Gasteiger partial charge < -0.3 is 4.74 Å². The van der Waals surface area contributed by atoms with Crippen LogP contribution in [0.5, 0.6) is 5.75 Å². The molecule has 130 valence electrons. The van der Waals surface area contributed by atoms with Crippen molar-refractivity contribution in [2.45, 2.75) is 19.4 Å². The van der Waals surface area contributed by atoms with Gasteiger partial charge in [0.2, 0.25) is 10.0 Å². The molecule has 0 aliphatic carbocycles. The van der Waals surface area contributed by atoms with Crippen LogP contribution in [0.15, 0.2) is 24.3 Å². The summed E-state index contributed by atoms with van der Waals surface area (Å²) in [5, 5.41) is 0. The molecule has 0 bridgehead atoms. The minimum absolute atomic E-state index is 0.0722. The standard InChI is InChI=1S/C16H25FN2O3S/c1-14(15-5-3-6-16(13-15)22-2)18-8-10-19(11-9-18)23(20,21)12-4-7-17/h3,5-6,13-14H,4,7-12H2,1-2H3/t14-/m1/s1. The molecule has 1 atom stereocenters. The fourth-order valence-corrected chi connectivity index (χ4v) is 4.30. The molecule has 0 aromatic heterocycles. The maximum absolute atomic E-state index is 12.2. The molecule has 0 amide bonds. The Hall–Kier alpha value is -1.18. The third-order valence-electron chi connectivity index (χ3n) is 4.33. The Morgan fingerprint density at radius 3 is 2.57 bits per heavy atom. The van der Waals surface area contributed by atoms with Crippen molar-refractivity contribution in [3.8, 4) is 5.75 Å². The Balaban J connectivity index is 1.95. The number of sulfonamides is 1. The highest BCUT2D eigenvalue weighted by atomic mass is 32.2. The molecule has 1 saturated heterocycles. The average molecular weight is 344 g/mol. The molecule has 0 spiro atoms. The first kappa shape index (κ1) is 18.2. The zero-order valence-corrected chi connectivity index (χ0v) is 14.6. The molecule has 2 rings (SSSR count). The molecule has 0 radical (unpaired) electrons. The normalized spacial score (nSPS) is 18.7. The second-order valence-corrected chi connectivity index (χ2v) is 7.83. The lowest BCUT2D eigenvalue weighted by Crippen LogP contribution is -2.49. The van der Waals surface area contributed by atoms with Crippen LogP contribution < -0.4 is 4.74 Å². The van der Waals surface area contributed by atoms with E-state index in [1.807, 2.05) is 18.2 Å². The number of benzene rings is 1. The summed E-state index contributed by atoms with van der Waals surface area (Å²) in [6.45, 7) is 3.79. The van der Waals surface area contributed by atoms with Crippen molar-refractivity contribution in [1.82, 2.24) is 9.21 Å². The van der Waals surface area contributed by atoms with E-state index in [9.17, 15) is 12.8 Å². The zero-order valence-electron chi connectivity index (χ0n) is 13.7. The largest absolute Gasteiger partial charge is 0.497 e. The highest BCUT2D eigenvalue weighted by Gasteiger charge is 2.28. The lowest BCUT2D eigenvalue weighted by Gasteiger charge is -2.37. The molecule has 5 nitrogen and oxygen atoms in total. The molecule has 0 N–H and O–H groups in total. The quantitative estimate of drug-likeness (QED) is 0.760. The summed E-state index contributed by atoms with van der Waals surface area (Å²) < 4.78 is 43.1. The molecular formula is C16H25FN2O3S. The van der Waals surface area contributed by atoms with Crippen LogP contribution in [0.1, 0.15) is 24.9 Å². The topological polar surface area (TPSA) is 49.9 Å². The number of hydrogen-bond acceptors (Lipinski definition) is 4. The summed E-state index contributed by atoms with van der Waals surface area (Å²) in [6.07, 6.45) is 0.0722. The van der Waals surface area contributed by atoms with Gasteiger partial charge in [0.1, 0.15) is 5.75 Å². The van der Waals surface area contributed by atoms with Crippen molar-refractivity contribution in [2.75, 3.05) is 45.7 Å². The molecule has 0 saturated carbocycles. The third kappa shape index (κ3) is 4.65. The first-order chi connectivity index (χ1) is 11.0. The zero-order chi connectivity index (χ0) is 16.9. The molecular weight excluding hydrogens is 319 g/mol. The Kier molecular flexibility index (Phi) is 6.38. The van der Waals surface area contributed by atoms with Crippen LogP contribution in [-0.2, 0) is 10.0 Å². The van der Waals surface area contributed by atoms with Crippen LogP contribution >= 0.6 is 0 Å². The first-order valence-corrected chi connectivity index (χ1v) is 9.50. The number of piperazine rings is 1. The summed E-state index contributed by atoms with van der Waals surface area (Å²) in [4.78, 5) is 2.26. The molecule has 0 unspecified atom stereocenters. The molecule has 23 heavy (non-hydrogen) atoms. The number of halogens is 1. The SMILES string of the molecule is COc1cccc([C@@H](C)N2CCN(S(=O)(=O)CCCF)CC2)c1. The van der Waals surface area contributed by atoms with Crippen LogP contribution in [-0.4, -0.2) is 63.3 Å². The lowest BCUT2D eigenvalue weighted by molar-refractivity contribution is 0.145. The van der Waals surface area contributed by atoms with Crippen LogP contribution in [0, 0.1) is 0 Å². The second-order valence-electron chi connectivity index (χ2n) is 5.75. The predicted molar refractivity (Wildman–Crippen MR) is 88.9 cm³/mol. The van der Waals surface area contributed by atoms with Crippen molar-refractivity contribution in [2.24, 2.45) is 0 Å². The van der Waals surface area contributed by atoms with E-state index in [-0.39, 0.29) is 18.2 Å². The molecule has 1 aliphatic heterocycles. The van der Waals surface area contributed by atoms with Gasteiger partial charge in [-0.1, -0.05) is 12.1 Å². The van der Waals surface area contributed by atoms with Gasteiger partial charge in [-0.25, -0.2) is 8.42 Å². The maximum atomic E-state index is 12.2. The van der Waals surface area contributed by atoms with E-state index in [0.29, 0.717) is 26.2 Å². The number of alkyl halides is 1. The van der Waals surface area contributed by atoms with E-state index in [4.69, 9.17) is 4.74 Å². The van der Waals surface area contributed by atoms with Gasteiger partial charge in [0.25, 0.3) is 0 Å². The predicted octanol–water partition coefficient (Wildman–Crippen LogP) is 2.06. The van der Waals surface area contributed by atoms with E-state index in [1.165, 1.54) is 4.31 Å². The number of hydrogen-bond donors (Lipinski definition) is 0. The fraction of sp³-hybridized carbons (Fsp3) is 0.625. The molecule has 1 heterocycles. The molecule has 7 heteroatoms. The summed E-state index contributed by atoms with van der Waals surface area (Å²) >= 11 is 0. The summed E-state index contributed by atoms with van der Waals surface area (Å²) in [7, 11) is -1.68. The number of rotatable bonds is 7. The van der Waals surface area contributed by atoms with Crippen LogP contribution in [0.3, 0.4) is 0 Å². The minimum Gasteiger partial charge on any atom is -0.497 e. The smallest absolute Gasteiger partial charge is 0.214 e. The first-order valence-electron chi connectivity index (χ1n) is 7.89. The van der Waals surface area contributed by atoms with Crippen molar-refractivity contribution < 1.29 is 17.5 Å².